The topological polar surface area (TPSA) is 12.0 Å². The molecule has 1 N–H and O–H groups in total. The van der Waals surface area contributed by atoms with Crippen LogP contribution in [0.2, 0.25) is 0 Å². The van der Waals surface area contributed by atoms with Crippen LogP contribution in [0.1, 0.15) is 43.9 Å². The van der Waals surface area contributed by atoms with E-state index in [-0.39, 0.29) is 0 Å². The van der Waals surface area contributed by atoms with Gasteiger partial charge in [-0.05, 0) is 70.8 Å². The fourth-order valence-corrected chi connectivity index (χ4v) is 2.43. The molecule has 0 aliphatic rings. The molecule has 0 aliphatic carbocycles. The van der Waals surface area contributed by atoms with Gasteiger partial charge < -0.3 is 5.32 Å². The average Bonchev–Trinajstić information content (AvgIpc) is 2.39. The Kier molecular flexibility index (Phi) is 4.86. The van der Waals surface area contributed by atoms with E-state index in [4.69, 9.17) is 0 Å². The van der Waals surface area contributed by atoms with Crippen LogP contribution in [0, 0.1) is 3.57 Å². The summed E-state index contributed by atoms with van der Waals surface area (Å²) in [4.78, 5) is 0. The minimum absolute atomic E-state index is 0.319. The summed E-state index contributed by atoms with van der Waals surface area (Å²) >= 11 is 2.33. The molecule has 19 heavy (non-hydrogen) atoms. The third-order valence-electron chi connectivity index (χ3n) is 3.31. The highest BCUT2D eigenvalue weighted by Crippen LogP contribution is 2.23. The van der Waals surface area contributed by atoms with Crippen LogP contribution in [0.15, 0.2) is 48.5 Å². The van der Waals surface area contributed by atoms with E-state index in [1.807, 2.05) is 0 Å². The Morgan fingerprint density at radius 1 is 0.895 bits per heavy atom. The summed E-state index contributed by atoms with van der Waals surface area (Å²) in [7, 11) is 0. The zero-order chi connectivity index (χ0) is 13.8. The second kappa shape index (κ2) is 6.42. The molecule has 1 unspecified atom stereocenters. The van der Waals surface area contributed by atoms with Crippen molar-refractivity contribution in [2.75, 3.05) is 5.32 Å². The molecule has 1 atom stereocenters. The van der Waals surface area contributed by atoms with E-state index in [0.29, 0.717) is 12.0 Å². The van der Waals surface area contributed by atoms with Crippen LogP contribution in [0.3, 0.4) is 0 Å². The lowest BCUT2D eigenvalue weighted by atomic mass is 10.0. The highest BCUT2D eigenvalue weighted by atomic mass is 127. The van der Waals surface area contributed by atoms with E-state index >= 15 is 0 Å². The summed E-state index contributed by atoms with van der Waals surface area (Å²) in [6, 6.07) is 17.7. The Hall–Kier alpha value is -1.03. The summed E-state index contributed by atoms with van der Waals surface area (Å²) in [5.74, 6) is 0.565. The lowest BCUT2D eigenvalue weighted by Crippen LogP contribution is -2.06. The summed E-state index contributed by atoms with van der Waals surface area (Å²) in [5.41, 5.74) is 3.88. The van der Waals surface area contributed by atoms with Crippen molar-refractivity contribution in [3.05, 3.63) is 63.2 Å². The lowest BCUT2D eigenvalue weighted by molar-refractivity contribution is 0.858. The third-order valence-corrected chi connectivity index (χ3v) is 4.03. The molecule has 0 aliphatic heterocycles. The van der Waals surface area contributed by atoms with Crippen molar-refractivity contribution in [3.8, 4) is 0 Å². The average molecular weight is 365 g/mol. The molecule has 0 fully saturated rings. The van der Waals surface area contributed by atoms with Gasteiger partial charge in [-0.15, -0.1) is 0 Å². The van der Waals surface area contributed by atoms with Crippen molar-refractivity contribution in [2.45, 2.75) is 32.7 Å². The van der Waals surface area contributed by atoms with E-state index in [1.54, 1.807) is 0 Å². The van der Waals surface area contributed by atoms with Gasteiger partial charge in [0.2, 0.25) is 0 Å². The zero-order valence-corrected chi connectivity index (χ0v) is 13.8. The van der Waals surface area contributed by atoms with Crippen LogP contribution < -0.4 is 5.32 Å². The van der Waals surface area contributed by atoms with Crippen LogP contribution in [-0.4, -0.2) is 0 Å². The summed E-state index contributed by atoms with van der Waals surface area (Å²) in [6.07, 6.45) is 0. The first-order valence-electron chi connectivity index (χ1n) is 6.68. The molecule has 100 valence electrons. The van der Waals surface area contributed by atoms with Gasteiger partial charge in [-0.3, -0.25) is 0 Å². The van der Waals surface area contributed by atoms with Crippen LogP contribution in [0.5, 0.6) is 0 Å². The van der Waals surface area contributed by atoms with Gasteiger partial charge in [0.1, 0.15) is 0 Å². The molecule has 0 bridgehead atoms. The molecule has 1 nitrogen and oxygen atoms in total. The Morgan fingerprint density at radius 2 is 1.58 bits per heavy atom. The molecular formula is C17H20IN. The van der Waals surface area contributed by atoms with E-state index in [9.17, 15) is 0 Å². The number of halogens is 1. The first-order valence-corrected chi connectivity index (χ1v) is 7.76. The molecule has 0 radical (unpaired) electrons. The van der Waals surface area contributed by atoms with E-state index in [2.05, 4.69) is 97.2 Å². The van der Waals surface area contributed by atoms with Crippen LogP contribution in [0.25, 0.3) is 0 Å². The van der Waals surface area contributed by atoms with Gasteiger partial charge in [-0.25, -0.2) is 0 Å². The van der Waals surface area contributed by atoms with Gasteiger partial charge in [-0.2, -0.15) is 0 Å². The fourth-order valence-electron chi connectivity index (χ4n) is 2.07. The second-order valence-electron chi connectivity index (χ2n) is 5.20. The molecule has 2 aromatic carbocycles. The molecule has 0 saturated heterocycles. The van der Waals surface area contributed by atoms with Crippen molar-refractivity contribution in [3.63, 3.8) is 0 Å². The number of hydrogen-bond acceptors (Lipinski definition) is 1. The Morgan fingerprint density at radius 3 is 2.21 bits per heavy atom. The minimum atomic E-state index is 0.319. The van der Waals surface area contributed by atoms with Crippen molar-refractivity contribution in [1.82, 2.24) is 0 Å². The van der Waals surface area contributed by atoms with Gasteiger partial charge in [-0.1, -0.05) is 38.1 Å². The normalized spacial score (nSPS) is 12.5. The Bertz CT molecular complexity index is 531. The predicted molar refractivity (Wildman–Crippen MR) is 91.7 cm³/mol. The number of hydrogen-bond donors (Lipinski definition) is 1. The molecule has 2 rings (SSSR count). The van der Waals surface area contributed by atoms with Gasteiger partial charge in [0.05, 0.1) is 0 Å². The quantitative estimate of drug-likeness (QED) is 0.697. The number of benzene rings is 2. The zero-order valence-electron chi connectivity index (χ0n) is 11.7. The Labute approximate surface area is 129 Å². The second-order valence-corrected chi connectivity index (χ2v) is 6.44. The number of nitrogens with one attached hydrogen (secondary N) is 1. The molecule has 0 spiro atoms. The summed E-state index contributed by atoms with van der Waals surface area (Å²) < 4.78 is 1.27. The predicted octanol–water partition coefficient (Wildman–Crippen LogP) is 5.59. The third kappa shape index (κ3) is 3.96. The number of anilines is 1. The molecule has 0 amide bonds. The summed E-state index contributed by atoms with van der Waals surface area (Å²) in [6.45, 7) is 6.65. The SMILES string of the molecule is CC(C)c1cccc(NC(C)c2ccc(I)cc2)c1. The molecule has 0 heterocycles. The molecule has 2 aromatic rings. The van der Waals surface area contributed by atoms with Crippen molar-refractivity contribution in [1.29, 1.82) is 0 Å². The maximum atomic E-state index is 3.57. The van der Waals surface area contributed by atoms with Gasteiger partial charge in [0.25, 0.3) is 0 Å². The molecule has 0 aromatic heterocycles. The maximum Gasteiger partial charge on any atom is 0.0485 e. The maximum absolute atomic E-state index is 3.57. The van der Waals surface area contributed by atoms with E-state index in [0.717, 1.165) is 0 Å². The first-order chi connectivity index (χ1) is 9.06. The lowest BCUT2D eigenvalue weighted by Gasteiger charge is -2.17. The molecule has 2 heteroatoms. The van der Waals surface area contributed by atoms with E-state index < -0.39 is 0 Å². The van der Waals surface area contributed by atoms with E-state index in [1.165, 1.54) is 20.4 Å². The van der Waals surface area contributed by atoms with Crippen LogP contribution >= 0.6 is 22.6 Å². The van der Waals surface area contributed by atoms with Crippen LogP contribution in [-0.2, 0) is 0 Å². The van der Waals surface area contributed by atoms with Crippen molar-refractivity contribution in [2.24, 2.45) is 0 Å². The van der Waals surface area contributed by atoms with Crippen molar-refractivity contribution >= 4 is 28.3 Å². The smallest absolute Gasteiger partial charge is 0.0485 e. The molecular weight excluding hydrogens is 345 g/mol. The molecule has 0 saturated carbocycles. The highest BCUT2D eigenvalue weighted by molar-refractivity contribution is 14.1. The largest absolute Gasteiger partial charge is 0.379 e. The van der Waals surface area contributed by atoms with Gasteiger partial charge in [0.15, 0.2) is 0 Å². The monoisotopic (exact) mass is 365 g/mol. The standard InChI is InChI=1S/C17H20IN/c1-12(2)15-5-4-6-17(11-15)19-13(3)14-7-9-16(18)10-8-14/h4-13,19H,1-3H3. The van der Waals surface area contributed by atoms with Gasteiger partial charge in [0, 0.05) is 15.3 Å². The highest BCUT2D eigenvalue weighted by Gasteiger charge is 2.06. The fraction of sp³-hybridized carbons (Fsp3) is 0.294. The minimum Gasteiger partial charge on any atom is -0.379 e. The Balaban J connectivity index is 2.12. The first kappa shape index (κ1) is 14.4. The number of rotatable bonds is 4. The van der Waals surface area contributed by atoms with Crippen LogP contribution in [0.4, 0.5) is 5.69 Å². The van der Waals surface area contributed by atoms with Gasteiger partial charge >= 0.3 is 0 Å². The van der Waals surface area contributed by atoms with Crippen molar-refractivity contribution < 1.29 is 0 Å². The summed E-state index contributed by atoms with van der Waals surface area (Å²) in [5, 5.41) is 3.57.